The highest BCUT2D eigenvalue weighted by Gasteiger charge is 2.12. The Kier molecular flexibility index (Phi) is 5.98. The predicted molar refractivity (Wildman–Crippen MR) is 96.5 cm³/mol. The molecule has 0 unspecified atom stereocenters. The number of nitrogens with one attached hydrogen (secondary N) is 1. The van der Waals surface area contributed by atoms with Crippen molar-refractivity contribution in [2.24, 2.45) is 5.10 Å². The van der Waals surface area contributed by atoms with Gasteiger partial charge in [-0.15, -0.1) is 0 Å². The van der Waals surface area contributed by atoms with Crippen LogP contribution in [0.3, 0.4) is 0 Å². The number of aromatic nitrogens is 2. The number of methoxy groups -OCH3 is 1. The van der Waals surface area contributed by atoms with Crippen molar-refractivity contribution < 1.29 is 9.47 Å². The molecule has 0 saturated carbocycles. The highest BCUT2D eigenvalue weighted by molar-refractivity contribution is 6.32. The van der Waals surface area contributed by atoms with Gasteiger partial charge in [-0.05, 0) is 51.5 Å². The van der Waals surface area contributed by atoms with E-state index < -0.39 is 0 Å². The number of aryl methyl sites for hydroxylation is 2. The van der Waals surface area contributed by atoms with Gasteiger partial charge in [0.05, 0.1) is 24.5 Å². The fourth-order valence-corrected chi connectivity index (χ4v) is 2.37. The molecule has 0 saturated heterocycles. The number of hydrogen-bond donors (Lipinski definition) is 1. The van der Waals surface area contributed by atoms with Gasteiger partial charge in [-0.3, -0.25) is 0 Å². The average Bonchev–Trinajstić information content (AvgIpc) is 2.48. The van der Waals surface area contributed by atoms with E-state index in [4.69, 9.17) is 21.1 Å². The minimum Gasteiger partial charge on any atom is -0.493 e. The first-order valence-corrected chi connectivity index (χ1v) is 7.92. The molecule has 0 spiro atoms. The molecule has 0 fully saturated rings. The molecule has 1 aromatic heterocycles. The molecular formula is C17H21ClN4O2. The second-order valence-electron chi connectivity index (χ2n) is 5.55. The first-order valence-electron chi connectivity index (χ1n) is 7.54. The van der Waals surface area contributed by atoms with Gasteiger partial charge in [0.15, 0.2) is 11.5 Å². The van der Waals surface area contributed by atoms with Crippen LogP contribution in [0.25, 0.3) is 0 Å². The summed E-state index contributed by atoms with van der Waals surface area (Å²) in [4.78, 5) is 8.51. The molecule has 24 heavy (non-hydrogen) atoms. The number of ether oxygens (including phenoxy) is 2. The minimum atomic E-state index is -0.000655. The normalized spacial score (nSPS) is 11.1. The van der Waals surface area contributed by atoms with Crippen molar-refractivity contribution >= 4 is 23.8 Å². The van der Waals surface area contributed by atoms with E-state index in [1.165, 1.54) is 0 Å². The quantitative estimate of drug-likeness (QED) is 0.631. The van der Waals surface area contributed by atoms with E-state index in [0.29, 0.717) is 22.5 Å². The average molecular weight is 349 g/mol. The van der Waals surface area contributed by atoms with E-state index in [1.807, 2.05) is 33.8 Å². The fraction of sp³-hybridized carbons (Fsp3) is 0.353. The predicted octanol–water partition coefficient (Wildman–Crippen LogP) is 3.99. The van der Waals surface area contributed by atoms with Gasteiger partial charge in [-0.25, -0.2) is 15.4 Å². The van der Waals surface area contributed by atoms with Crippen LogP contribution in [0.5, 0.6) is 11.5 Å². The first kappa shape index (κ1) is 18.0. The van der Waals surface area contributed by atoms with Gasteiger partial charge >= 0.3 is 0 Å². The lowest BCUT2D eigenvalue weighted by Gasteiger charge is -2.15. The van der Waals surface area contributed by atoms with Crippen LogP contribution < -0.4 is 14.9 Å². The van der Waals surface area contributed by atoms with Crippen LogP contribution in [0.2, 0.25) is 5.02 Å². The SMILES string of the molecule is COc1cc(/C=N\Nc2nc(C)cc(C)n2)cc(Cl)c1OC(C)C. The van der Waals surface area contributed by atoms with Gasteiger partial charge in [0.1, 0.15) is 0 Å². The van der Waals surface area contributed by atoms with Crippen LogP contribution in [0.1, 0.15) is 30.8 Å². The summed E-state index contributed by atoms with van der Waals surface area (Å²) in [5, 5.41) is 4.61. The molecule has 2 rings (SSSR count). The smallest absolute Gasteiger partial charge is 0.243 e. The third-order valence-electron chi connectivity index (χ3n) is 2.97. The number of nitrogens with zero attached hydrogens (tertiary/aromatic N) is 3. The fourth-order valence-electron chi connectivity index (χ4n) is 2.10. The zero-order chi connectivity index (χ0) is 17.7. The van der Waals surface area contributed by atoms with Crippen LogP contribution in [0.4, 0.5) is 5.95 Å². The monoisotopic (exact) mass is 348 g/mol. The summed E-state index contributed by atoms with van der Waals surface area (Å²) >= 11 is 6.28. The number of hydrazone groups is 1. The highest BCUT2D eigenvalue weighted by Crippen LogP contribution is 2.36. The number of hydrogen-bond acceptors (Lipinski definition) is 6. The Labute approximate surface area is 146 Å². The summed E-state index contributed by atoms with van der Waals surface area (Å²) in [6.45, 7) is 7.67. The van der Waals surface area contributed by atoms with E-state index in [-0.39, 0.29) is 6.10 Å². The molecule has 0 bridgehead atoms. The number of anilines is 1. The summed E-state index contributed by atoms with van der Waals surface area (Å²) < 4.78 is 11.0. The van der Waals surface area contributed by atoms with Crippen molar-refractivity contribution in [1.82, 2.24) is 9.97 Å². The molecule has 1 N–H and O–H groups in total. The van der Waals surface area contributed by atoms with Crippen LogP contribution in [0, 0.1) is 13.8 Å². The minimum absolute atomic E-state index is 0.000655. The summed E-state index contributed by atoms with van der Waals surface area (Å²) in [6, 6.07) is 5.46. The molecule has 0 amide bonds. The van der Waals surface area contributed by atoms with Gasteiger partial charge < -0.3 is 9.47 Å². The molecule has 128 valence electrons. The number of rotatable bonds is 6. The molecule has 1 aromatic carbocycles. The summed E-state index contributed by atoms with van der Waals surface area (Å²) in [6.07, 6.45) is 1.62. The molecule has 0 radical (unpaired) electrons. The molecule has 6 nitrogen and oxygen atoms in total. The van der Waals surface area contributed by atoms with Crippen molar-refractivity contribution in [3.8, 4) is 11.5 Å². The van der Waals surface area contributed by atoms with Crippen LogP contribution in [0.15, 0.2) is 23.3 Å². The van der Waals surface area contributed by atoms with Gasteiger partial charge in [0.2, 0.25) is 5.95 Å². The zero-order valence-corrected chi connectivity index (χ0v) is 15.2. The summed E-state index contributed by atoms with van der Waals surface area (Å²) in [7, 11) is 1.57. The van der Waals surface area contributed by atoms with Crippen molar-refractivity contribution in [3.05, 3.63) is 40.2 Å². The van der Waals surface area contributed by atoms with Crippen LogP contribution in [-0.2, 0) is 0 Å². The Morgan fingerprint density at radius 2 is 1.83 bits per heavy atom. The van der Waals surface area contributed by atoms with E-state index in [0.717, 1.165) is 17.0 Å². The summed E-state index contributed by atoms with van der Waals surface area (Å²) in [5.74, 6) is 1.53. The molecule has 0 atom stereocenters. The molecule has 1 heterocycles. The van der Waals surface area contributed by atoms with E-state index in [1.54, 1.807) is 25.5 Å². The van der Waals surface area contributed by atoms with Crippen molar-refractivity contribution in [3.63, 3.8) is 0 Å². The lowest BCUT2D eigenvalue weighted by Crippen LogP contribution is -2.07. The molecule has 7 heteroatoms. The number of halogens is 1. The lowest BCUT2D eigenvalue weighted by atomic mass is 10.2. The summed E-state index contributed by atoms with van der Waals surface area (Å²) in [5.41, 5.74) is 5.33. The van der Waals surface area contributed by atoms with Gasteiger partial charge in [-0.2, -0.15) is 5.10 Å². The lowest BCUT2D eigenvalue weighted by molar-refractivity contribution is 0.230. The largest absolute Gasteiger partial charge is 0.493 e. The Morgan fingerprint density at radius 3 is 2.42 bits per heavy atom. The van der Waals surface area contributed by atoms with E-state index in [9.17, 15) is 0 Å². The van der Waals surface area contributed by atoms with E-state index >= 15 is 0 Å². The van der Waals surface area contributed by atoms with Gasteiger partial charge in [0.25, 0.3) is 0 Å². The standard InChI is InChI=1S/C17H21ClN4O2/c1-10(2)24-16-14(18)7-13(8-15(16)23-5)9-19-22-17-20-11(3)6-12(4)21-17/h6-10H,1-5H3,(H,20,21,22)/b19-9-. The third-order valence-corrected chi connectivity index (χ3v) is 3.25. The number of benzene rings is 1. The van der Waals surface area contributed by atoms with E-state index in [2.05, 4.69) is 20.5 Å². The van der Waals surface area contributed by atoms with Gasteiger partial charge in [0, 0.05) is 11.4 Å². The Bertz CT molecular complexity index is 727. The van der Waals surface area contributed by atoms with Crippen LogP contribution in [-0.4, -0.2) is 29.4 Å². The van der Waals surface area contributed by atoms with Gasteiger partial charge in [-0.1, -0.05) is 11.6 Å². The van der Waals surface area contributed by atoms with Crippen LogP contribution >= 0.6 is 11.6 Å². The second kappa shape index (κ2) is 7.97. The molecular weight excluding hydrogens is 328 g/mol. The Balaban J connectivity index is 2.18. The Hall–Kier alpha value is -2.34. The molecule has 0 aliphatic heterocycles. The topological polar surface area (TPSA) is 68.6 Å². The Morgan fingerprint density at radius 1 is 1.17 bits per heavy atom. The maximum absolute atomic E-state index is 6.28. The van der Waals surface area contributed by atoms with Crippen molar-refractivity contribution in [2.45, 2.75) is 33.8 Å². The third kappa shape index (κ3) is 4.83. The maximum Gasteiger partial charge on any atom is 0.243 e. The molecule has 0 aliphatic rings. The van der Waals surface area contributed by atoms with Crippen molar-refractivity contribution in [2.75, 3.05) is 12.5 Å². The highest BCUT2D eigenvalue weighted by atomic mass is 35.5. The zero-order valence-electron chi connectivity index (χ0n) is 14.4. The molecule has 0 aliphatic carbocycles. The maximum atomic E-state index is 6.28. The van der Waals surface area contributed by atoms with Crippen molar-refractivity contribution in [1.29, 1.82) is 0 Å². The second-order valence-corrected chi connectivity index (χ2v) is 5.95. The molecule has 2 aromatic rings. The first-order chi connectivity index (χ1) is 11.4.